The number of fused-ring (bicyclic) bond motifs is 1. The normalized spacial score (nSPS) is 11.2. The summed E-state index contributed by atoms with van der Waals surface area (Å²) in [5.41, 5.74) is 3.05. The van der Waals surface area contributed by atoms with E-state index in [1.165, 1.54) is 17.6 Å². The summed E-state index contributed by atoms with van der Waals surface area (Å²) < 4.78 is 6.04. The minimum atomic E-state index is -0.403. The number of hydrazone groups is 1. The zero-order valence-electron chi connectivity index (χ0n) is 12.8. The molecule has 0 aliphatic heterocycles. The molecule has 1 amide bonds. The zero-order chi connectivity index (χ0) is 18.0. The van der Waals surface area contributed by atoms with E-state index >= 15 is 0 Å². The highest BCUT2D eigenvalue weighted by atomic mass is 35.5. The van der Waals surface area contributed by atoms with Crippen molar-refractivity contribution in [2.75, 3.05) is 7.11 Å². The van der Waals surface area contributed by atoms with Crippen LogP contribution in [0.4, 0.5) is 0 Å². The summed E-state index contributed by atoms with van der Waals surface area (Å²) >= 11 is 19.6. The van der Waals surface area contributed by atoms with Crippen LogP contribution in [0.3, 0.4) is 0 Å². The standard InChI is InChI=1S/C17H11Cl3N2O2S/c1-24-10-5-6-11-13(7-10)25-16(15(11)20)17(23)22-21-8-9-3-2-4-12(18)14(9)19/h2-8H,1H3,(H,22,23). The second kappa shape index (κ2) is 7.62. The molecule has 3 rings (SSSR count). The monoisotopic (exact) mass is 412 g/mol. The predicted molar refractivity (Wildman–Crippen MR) is 105 cm³/mol. The van der Waals surface area contributed by atoms with Crippen LogP contribution in [0.2, 0.25) is 15.1 Å². The number of carbonyl (C=O) groups excluding carboxylic acids is 1. The van der Waals surface area contributed by atoms with E-state index in [-0.39, 0.29) is 0 Å². The maximum absolute atomic E-state index is 12.3. The van der Waals surface area contributed by atoms with Gasteiger partial charge in [-0.2, -0.15) is 5.10 Å². The molecule has 1 heterocycles. The van der Waals surface area contributed by atoms with E-state index < -0.39 is 5.91 Å². The van der Waals surface area contributed by atoms with Crippen LogP contribution in [0.25, 0.3) is 10.1 Å². The molecule has 0 saturated heterocycles. The molecule has 1 aromatic heterocycles. The highest BCUT2D eigenvalue weighted by Crippen LogP contribution is 2.37. The highest BCUT2D eigenvalue weighted by molar-refractivity contribution is 7.21. The van der Waals surface area contributed by atoms with Gasteiger partial charge >= 0.3 is 0 Å². The Balaban J connectivity index is 1.81. The van der Waals surface area contributed by atoms with Crippen molar-refractivity contribution in [3.05, 3.63) is 61.9 Å². The molecule has 1 N–H and O–H groups in total. The van der Waals surface area contributed by atoms with Crippen molar-refractivity contribution in [2.24, 2.45) is 5.10 Å². The molecule has 4 nitrogen and oxygen atoms in total. The van der Waals surface area contributed by atoms with Crippen LogP contribution in [0.1, 0.15) is 15.2 Å². The van der Waals surface area contributed by atoms with Gasteiger partial charge in [-0.1, -0.05) is 46.9 Å². The van der Waals surface area contributed by atoms with Gasteiger partial charge in [0.25, 0.3) is 5.91 Å². The number of hydrogen-bond donors (Lipinski definition) is 1. The molecule has 0 spiro atoms. The van der Waals surface area contributed by atoms with Gasteiger partial charge in [0.15, 0.2) is 0 Å². The molecule has 0 aliphatic carbocycles. The summed E-state index contributed by atoms with van der Waals surface area (Å²) in [4.78, 5) is 12.7. The molecule has 128 valence electrons. The van der Waals surface area contributed by atoms with Crippen molar-refractivity contribution in [3.63, 3.8) is 0 Å². The SMILES string of the molecule is COc1ccc2c(Cl)c(C(=O)NN=Cc3cccc(Cl)c3Cl)sc2c1. The number of carbonyl (C=O) groups is 1. The molecule has 0 atom stereocenters. The molecule has 25 heavy (non-hydrogen) atoms. The summed E-state index contributed by atoms with van der Waals surface area (Å²) in [6, 6.07) is 10.6. The highest BCUT2D eigenvalue weighted by Gasteiger charge is 2.17. The Morgan fingerprint density at radius 2 is 2.00 bits per heavy atom. The predicted octanol–water partition coefficient (Wildman–Crippen LogP) is 5.63. The van der Waals surface area contributed by atoms with Crippen molar-refractivity contribution < 1.29 is 9.53 Å². The summed E-state index contributed by atoms with van der Waals surface area (Å²) in [7, 11) is 1.58. The van der Waals surface area contributed by atoms with E-state index in [9.17, 15) is 4.79 Å². The van der Waals surface area contributed by atoms with Gasteiger partial charge < -0.3 is 4.74 Å². The van der Waals surface area contributed by atoms with E-state index in [1.54, 1.807) is 31.4 Å². The van der Waals surface area contributed by atoms with Gasteiger partial charge in [0, 0.05) is 15.6 Å². The minimum Gasteiger partial charge on any atom is -0.497 e. The van der Waals surface area contributed by atoms with Crippen LogP contribution in [-0.4, -0.2) is 19.2 Å². The van der Waals surface area contributed by atoms with Gasteiger partial charge in [0.05, 0.1) is 28.4 Å². The van der Waals surface area contributed by atoms with Crippen molar-refractivity contribution >= 4 is 68.3 Å². The molecule has 2 aromatic carbocycles. The number of nitrogens with one attached hydrogen (secondary N) is 1. The number of amides is 1. The van der Waals surface area contributed by atoms with Gasteiger partial charge in [-0.05, 0) is 24.3 Å². The van der Waals surface area contributed by atoms with Crippen LogP contribution in [0.5, 0.6) is 5.75 Å². The van der Waals surface area contributed by atoms with Gasteiger partial charge in [0.2, 0.25) is 0 Å². The Morgan fingerprint density at radius 3 is 2.76 bits per heavy atom. The average molecular weight is 414 g/mol. The largest absolute Gasteiger partial charge is 0.497 e. The maximum atomic E-state index is 12.3. The molecule has 8 heteroatoms. The van der Waals surface area contributed by atoms with E-state index in [4.69, 9.17) is 39.5 Å². The Bertz CT molecular complexity index is 985. The quantitative estimate of drug-likeness (QED) is 0.445. The summed E-state index contributed by atoms with van der Waals surface area (Å²) in [6.07, 6.45) is 1.43. The van der Waals surface area contributed by atoms with Crippen LogP contribution in [0.15, 0.2) is 41.5 Å². The lowest BCUT2D eigenvalue weighted by Gasteiger charge is -2.00. The van der Waals surface area contributed by atoms with E-state index in [2.05, 4.69) is 10.5 Å². The Kier molecular flexibility index (Phi) is 5.49. The number of rotatable bonds is 4. The molecule has 0 fully saturated rings. The average Bonchev–Trinajstić information content (AvgIpc) is 2.94. The lowest BCUT2D eigenvalue weighted by Crippen LogP contribution is -2.16. The van der Waals surface area contributed by atoms with Crippen LogP contribution in [0, 0.1) is 0 Å². The molecular formula is C17H11Cl3N2O2S. The number of benzene rings is 2. The molecule has 0 bridgehead atoms. The van der Waals surface area contributed by atoms with Gasteiger partial charge in [-0.15, -0.1) is 11.3 Å². The van der Waals surface area contributed by atoms with E-state index in [1.807, 2.05) is 12.1 Å². The number of ether oxygens (including phenoxy) is 1. The maximum Gasteiger partial charge on any atom is 0.283 e. The fourth-order valence-corrected chi connectivity index (χ4v) is 3.94. The number of halogens is 3. The molecule has 0 unspecified atom stereocenters. The zero-order valence-corrected chi connectivity index (χ0v) is 15.9. The molecule has 0 radical (unpaired) electrons. The lowest BCUT2D eigenvalue weighted by atomic mass is 10.2. The van der Waals surface area contributed by atoms with E-state index in [0.717, 1.165) is 10.1 Å². The molecule has 3 aromatic rings. The first-order valence-corrected chi connectivity index (χ1v) is 8.99. The number of methoxy groups -OCH3 is 1. The molecule has 0 aliphatic rings. The van der Waals surface area contributed by atoms with Crippen LogP contribution < -0.4 is 10.2 Å². The Labute approximate surface area is 163 Å². The fourth-order valence-electron chi connectivity index (χ4n) is 2.15. The van der Waals surface area contributed by atoms with Gasteiger partial charge in [-0.25, -0.2) is 5.43 Å². The first-order valence-electron chi connectivity index (χ1n) is 7.04. The number of thiophene rings is 1. The summed E-state index contributed by atoms with van der Waals surface area (Å²) in [5.74, 6) is 0.297. The van der Waals surface area contributed by atoms with Crippen LogP contribution in [-0.2, 0) is 0 Å². The third kappa shape index (κ3) is 3.75. The summed E-state index contributed by atoms with van der Waals surface area (Å²) in [5, 5.41) is 5.88. The smallest absolute Gasteiger partial charge is 0.283 e. The van der Waals surface area contributed by atoms with Crippen molar-refractivity contribution in [1.82, 2.24) is 5.43 Å². The topological polar surface area (TPSA) is 50.7 Å². The van der Waals surface area contributed by atoms with Crippen molar-refractivity contribution in [1.29, 1.82) is 0 Å². The first-order chi connectivity index (χ1) is 12.0. The van der Waals surface area contributed by atoms with Crippen molar-refractivity contribution in [2.45, 2.75) is 0 Å². The fraction of sp³-hybridized carbons (Fsp3) is 0.0588. The minimum absolute atomic E-state index is 0.370. The van der Waals surface area contributed by atoms with E-state index in [0.29, 0.717) is 31.3 Å². The van der Waals surface area contributed by atoms with Crippen molar-refractivity contribution in [3.8, 4) is 5.75 Å². The second-order valence-electron chi connectivity index (χ2n) is 4.95. The second-order valence-corrected chi connectivity index (χ2v) is 7.16. The summed E-state index contributed by atoms with van der Waals surface area (Å²) in [6.45, 7) is 0. The van der Waals surface area contributed by atoms with Gasteiger partial charge in [-0.3, -0.25) is 4.79 Å². The number of nitrogens with zero attached hydrogens (tertiary/aromatic N) is 1. The first kappa shape index (κ1) is 18.0. The Morgan fingerprint density at radius 1 is 1.20 bits per heavy atom. The molecule has 0 saturated carbocycles. The Hall–Kier alpha value is -1.79. The third-order valence-corrected chi connectivity index (χ3v) is 5.88. The lowest BCUT2D eigenvalue weighted by molar-refractivity contribution is 0.0959. The van der Waals surface area contributed by atoms with Gasteiger partial charge in [0.1, 0.15) is 10.6 Å². The van der Waals surface area contributed by atoms with Crippen LogP contribution >= 0.6 is 46.1 Å². The third-order valence-electron chi connectivity index (χ3n) is 3.39. The molecular weight excluding hydrogens is 403 g/mol. The number of hydrogen-bond acceptors (Lipinski definition) is 4.